The van der Waals surface area contributed by atoms with Gasteiger partial charge in [-0.2, -0.15) is 0 Å². The van der Waals surface area contributed by atoms with E-state index in [1.165, 1.54) is 70.2 Å². The van der Waals surface area contributed by atoms with Crippen molar-refractivity contribution in [2.75, 3.05) is 26.2 Å². The van der Waals surface area contributed by atoms with E-state index in [9.17, 15) is 8.78 Å². The fourth-order valence-corrected chi connectivity index (χ4v) is 4.44. The summed E-state index contributed by atoms with van der Waals surface area (Å²) < 4.78 is 26.7. The van der Waals surface area contributed by atoms with Crippen molar-refractivity contribution in [1.82, 2.24) is 10.2 Å². The lowest BCUT2D eigenvalue weighted by molar-refractivity contribution is 0.185. The van der Waals surface area contributed by atoms with Gasteiger partial charge >= 0.3 is 0 Å². The molecule has 0 aromatic heterocycles. The lowest BCUT2D eigenvalue weighted by atomic mass is 9.89. The molecule has 1 aliphatic carbocycles. The van der Waals surface area contributed by atoms with Gasteiger partial charge in [0, 0.05) is 37.3 Å². The van der Waals surface area contributed by atoms with Gasteiger partial charge < -0.3 is 5.32 Å². The molecule has 3 rings (SSSR count). The second kappa shape index (κ2) is 9.61. The largest absolute Gasteiger partial charge is 0.311 e. The number of hydrogen-bond acceptors (Lipinski definition) is 2. The van der Waals surface area contributed by atoms with Gasteiger partial charge in [-0.05, 0) is 57.2 Å². The molecule has 1 N–H and O–H groups in total. The second-order valence-corrected chi connectivity index (χ2v) is 8.08. The van der Waals surface area contributed by atoms with Crippen molar-refractivity contribution < 1.29 is 8.78 Å². The monoisotopic (exact) mass is 362 g/mol. The number of hydrogen-bond donors (Lipinski definition) is 1. The van der Waals surface area contributed by atoms with Crippen molar-refractivity contribution in [1.29, 1.82) is 0 Å². The fraction of sp³-hybridized carbons (Fsp3) is 0.636. The van der Waals surface area contributed by atoms with Gasteiger partial charge in [-0.25, -0.2) is 8.78 Å². The highest BCUT2D eigenvalue weighted by molar-refractivity contribution is 5.53. The minimum Gasteiger partial charge on any atom is -0.311 e. The summed E-state index contributed by atoms with van der Waals surface area (Å²) in [6.07, 6.45) is 11.4. The molecule has 144 valence electrons. The Bertz CT molecular complexity index is 608. The maximum Gasteiger partial charge on any atom is 0.133 e. The summed E-state index contributed by atoms with van der Waals surface area (Å²) in [7, 11) is 0. The maximum atomic E-state index is 13.7. The molecule has 0 radical (unpaired) electrons. The van der Waals surface area contributed by atoms with Crippen LogP contribution in [0.5, 0.6) is 0 Å². The second-order valence-electron chi connectivity index (χ2n) is 8.08. The van der Waals surface area contributed by atoms with E-state index in [2.05, 4.69) is 10.2 Å². The Kier molecular flexibility index (Phi) is 7.21. The molecule has 1 aromatic rings. The molecule has 1 aromatic carbocycles. The third-order valence-corrected chi connectivity index (χ3v) is 5.86. The normalized spacial score (nSPS) is 22.9. The summed E-state index contributed by atoms with van der Waals surface area (Å²) in [5, 5.41) is 3.54. The summed E-state index contributed by atoms with van der Waals surface area (Å²) in [4.78, 5) is 2.68. The first kappa shape index (κ1) is 19.5. The molecule has 0 unspecified atom stereocenters. The molecule has 1 atom stereocenters. The molecule has 2 fully saturated rings. The van der Waals surface area contributed by atoms with E-state index in [1.807, 2.05) is 6.92 Å². The Balaban J connectivity index is 1.44. The molecule has 1 heterocycles. The van der Waals surface area contributed by atoms with E-state index in [0.717, 1.165) is 30.6 Å². The molecular weight excluding hydrogens is 330 g/mol. The lowest BCUT2D eigenvalue weighted by Crippen LogP contribution is -2.41. The molecule has 26 heavy (non-hydrogen) atoms. The number of nitrogens with one attached hydrogen (secondary N) is 1. The number of halogens is 2. The smallest absolute Gasteiger partial charge is 0.133 e. The lowest BCUT2D eigenvalue weighted by Gasteiger charge is -2.31. The predicted octanol–water partition coefficient (Wildman–Crippen LogP) is 5.00. The van der Waals surface area contributed by atoms with Crippen LogP contribution in [0.15, 0.2) is 23.8 Å². The molecule has 4 heteroatoms. The quantitative estimate of drug-likeness (QED) is 0.734. The molecule has 0 amide bonds. The van der Waals surface area contributed by atoms with Crippen LogP contribution in [-0.2, 0) is 0 Å². The van der Waals surface area contributed by atoms with Gasteiger partial charge in [-0.15, -0.1) is 0 Å². The topological polar surface area (TPSA) is 15.3 Å². The summed E-state index contributed by atoms with van der Waals surface area (Å²) in [5.41, 5.74) is 1.51. The van der Waals surface area contributed by atoms with Crippen LogP contribution >= 0.6 is 0 Å². The predicted molar refractivity (Wildman–Crippen MR) is 104 cm³/mol. The van der Waals surface area contributed by atoms with E-state index in [4.69, 9.17) is 0 Å². The Morgan fingerprint density at radius 2 is 1.96 bits per heavy atom. The number of rotatable bonds is 7. The van der Waals surface area contributed by atoms with Crippen molar-refractivity contribution in [2.24, 2.45) is 5.92 Å². The van der Waals surface area contributed by atoms with Crippen molar-refractivity contribution in [3.8, 4) is 0 Å². The first-order chi connectivity index (χ1) is 12.6. The van der Waals surface area contributed by atoms with Crippen molar-refractivity contribution >= 4 is 6.08 Å². The maximum absolute atomic E-state index is 13.7. The van der Waals surface area contributed by atoms with Crippen LogP contribution in [0.3, 0.4) is 0 Å². The van der Waals surface area contributed by atoms with Gasteiger partial charge in [0.05, 0.1) is 0 Å². The zero-order valence-electron chi connectivity index (χ0n) is 15.9. The number of nitrogens with zero attached hydrogens (tertiary/aromatic N) is 1. The van der Waals surface area contributed by atoms with Gasteiger partial charge in [0.1, 0.15) is 11.6 Å². The standard InChI is InChI=1S/C22H32F2N2/c1-17(12-19-9-10-20(23)13-22(19)24)14-25-15-21-8-5-11-26(21)16-18-6-3-2-4-7-18/h9-10,12-13,18,21,25H,2-8,11,14-16H2,1H3/t21-/m0/s1. The Labute approximate surface area is 156 Å². The zero-order chi connectivity index (χ0) is 18.4. The molecule has 0 bridgehead atoms. The fourth-order valence-electron chi connectivity index (χ4n) is 4.44. The van der Waals surface area contributed by atoms with Crippen molar-refractivity contribution in [3.05, 3.63) is 41.0 Å². The molecule has 1 saturated heterocycles. The van der Waals surface area contributed by atoms with Gasteiger partial charge in [-0.3, -0.25) is 4.90 Å². The third kappa shape index (κ3) is 5.62. The Hall–Kier alpha value is -1.26. The van der Waals surface area contributed by atoms with E-state index >= 15 is 0 Å². The first-order valence-corrected chi connectivity index (χ1v) is 10.2. The van der Waals surface area contributed by atoms with Gasteiger partial charge in [0.25, 0.3) is 0 Å². The number of benzene rings is 1. The molecule has 2 aliphatic rings. The zero-order valence-corrected chi connectivity index (χ0v) is 15.9. The molecule has 1 aliphatic heterocycles. The summed E-state index contributed by atoms with van der Waals surface area (Å²) in [6, 6.07) is 4.37. The molecule has 1 saturated carbocycles. The van der Waals surface area contributed by atoms with Gasteiger partial charge in [-0.1, -0.05) is 30.9 Å². The molecule has 0 spiro atoms. The van der Waals surface area contributed by atoms with Crippen LogP contribution in [0.2, 0.25) is 0 Å². The van der Waals surface area contributed by atoms with E-state index < -0.39 is 11.6 Å². The third-order valence-electron chi connectivity index (χ3n) is 5.86. The van der Waals surface area contributed by atoms with E-state index in [1.54, 1.807) is 6.08 Å². The minimum atomic E-state index is -0.533. The number of likely N-dealkylation sites (tertiary alicyclic amines) is 1. The van der Waals surface area contributed by atoms with E-state index in [-0.39, 0.29) is 0 Å². The van der Waals surface area contributed by atoms with Crippen LogP contribution in [0.25, 0.3) is 6.08 Å². The van der Waals surface area contributed by atoms with Crippen LogP contribution < -0.4 is 5.32 Å². The highest BCUT2D eigenvalue weighted by Crippen LogP contribution is 2.27. The molecular formula is C22H32F2N2. The van der Waals surface area contributed by atoms with Crippen LogP contribution in [-0.4, -0.2) is 37.1 Å². The van der Waals surface area contributed by atoms with Crippen LogP contribution in [0.1, 0.15) is 57.4 Å². The highest BCUT2D eigenvalue weighted by atomic mass is 19.1. The average molecular weight is 363 g/mol. The average Bonchev–Trinajstić information content (AvgIpc) is 3.05. The van der Waals surface area contributed by atoms with Crippen LogP contribution in [0.4, 0.5) is 8.78 Å². The highest BCUT2D eigenvalue weighted by Gasteiger charge is 2.26. The van der Waals surface area contributed by atoms with E-state index in [0.29, 0.717) is 11.6 Å². The van der Waals surface area contributed by atoms with Gasteiger partial charge in [0.15, 0.2) is 0 Å². The first-order valence-electron chi connectivity index (χ1n) is 10.2. The summed E-state index contributed by atoms with van der Waals surface area (Å²) in [6.45, 7) is 6.22. The Morgan fingerprint density at radius 1 is 1.15 bits per heavy atom. The van der Waals surface area contributed by atoms with Crippen molar-refractivity contribution in [2.45, 2.75) is 57.9 Å². The van der Waals surface area contributed by atoms with Crippen LogP contribution in [0, 0.1) is 17.6 Å². The minimum absolute atomic E-state index is 0.450. The summed E-state index contributed by atoms with van der Waals surface area (Å²) >= 11 is 0. The van der Waals surface area contributed by atoms with Gasteiger partial charge in [0.2, 0.25) is 0 Å². The SMILES string of the molecule is CC(=Cc1ccc(F)cc1F)CNC[C@@H]1CCCN1CC1CCCCC1. The van der Waals surface area contributed by atoms with Crippen molar-refractivity contribution in [3.63, 3.8) is 0 Å². The Morgan fingerprint density at radius 3 is 2.73 bits per heavy atom. The summed E-state index contributed by atoms with van der Waals surface area (Å²) in [5.74, 6) is -0.138. The molecule has 2 nitrogen and oxygen atoms in total.